The fourth-order valence-electron chi connectivity index (χ4n) is 2.37. The van der Waals surface area contributed by atoms with Crippen LogP contribution in [0, 0.1) is 11.8 Å². The van der Waals surface area contributed by atoms with Gasteiger partial charge in [0.1, 0.15) is 4.32 Å². The first-order valence-corrected chi connectivity index (χ1v) is 9.27. The molecule has 0 radical (unpaired) electrons. The standard InChI is InChI=1S/C17H35NS2.Mo/c1-15(2)11-7-5-9-13-18(17(19)20)14-10-6-8-12-16(3)4;/h15-16H,5-14H2,1-4H3,(H,19,20);. The van der Waals surface area contributed by atoms with E-state index in [4.69, 9.17) is 12.2 Å². The van der Waals surface area contributed by atoms with Gasteiger partial charge in [-0.25, -0.2) is 0 Å². The molecule has 0 saturated heterocycles. The summed E-state index contributed by atoms with van der Waals surface area (Å²) in [7, 11) is 0. The van der Waals surface area contributed by atoms with Crippen LogP contribution in [-0.2, 0) is 21.1 Å². The van der Waals surface area contributed by atoms with Gasteiger partial charge in [0.15, 0.2) is 0 Å². The molecule has 0 fully saturated rings. The molecule has 4 heteroatoms. The topological polar surface area (TPSA) is 3.24 Å². The molecule has 1 nitrogen and oxygen atoms in total. The van der Waals surface area contributed by atoms with Gasteiger partial charge in [-0.1, -0.05) is 78.4 Å². The van der Waals surface area contributed by atoms with E-state index in [1.807, 2.05) is 0 Å². The molecule has 0 aliphatic heterocycles. The normalized spacial score (nSPS) is 10.8. The molecule has 0 atom stereocenters. The predicted molar refractivity (Wildman–Crippen MR) is 99.8 cm³/mol. The molecule has 0 saturated carbocycles. The van der Waals surface area contributed by atoms with Gasteiger partial charge in [-0.05, 0) is 24.7 Å². The van der Waals surface area contributed by atoms with Crippen molar-refractivity contribution in [2.75, 3.05) is 13.1 Å². The summed E-state index contributed by atoms with van der Waals surface area (Å²) in [5.41, 5.74) is 0. The van der Waals surface area contributed by atoms with Crippen LogP contribution in [0.25, 0.3) is 0 Å². The van der Waals surface area contributed by atoms with Crippen molar-refractivity contribution >= 4 is 29.2 Å². The summed E-state index contributed by atoms with van der Waals surface area (Å²) in [4.78, 5) is 2.28. The van der Waals surface area contributed by atoms with E-state index in [1.165, 1.54) is 51.4 Å². The molecule has 21 heavy (non-hydrogen) atoms. The number of unbranched alkanes of at least 4 members (excludes halogenated alkanes) is 4. The maximum absolute atomic E-state index is 5.25. The van der Waals surface area contributed by atoms with E-state index >= 15 is 0 Å². The zero-order valence-electron chi connectivity index (χ0n) is 14.4. The van der Waals surface area contributed by atoms with Crippen molar-refractivity contribution in [1.29, 1.82) is 0 Å². The Bertz CT molecular complexity index is 227. The summed E-state index contributed by atoms with van der Waals surface area (Å²) in [6, 6.07) is 0. The fourth-order valence-corrected chi connectivity index (χ4v) is 2.75. The molecule has 0 bridgehead atoms. The summed E-state index contributed by atoms with van der Waals surface area (Å²) < 4.78 is 0.776. The molecule has 0 rings (SSSR count). The number of thiol groups is 1. The maximum atomic E-state index is 5.25. The molecule has 0 aliphatic carbocycles. The van der Waals surface area contributed by atoms with Crippen LogP contribution >= 0.6 is 24.8 Å². The minimum atomic E-state index is 0. The van der Waals surface area contributed by atoms with Crippen LogP contribution in [-0.4, -0.2) is 22.3 Å². The first kappa shape index (κ1) is 24.2. The summed E-state index contributed by atoms with van der Waals surface area (Å²) in [6.07, 6.45) is 10.5. The Morgan fingerprint density at radius 2 is 1.19 bits per heavy atom. The fraction of sp³-hybridized carbons (Fsp3) is 0.941. The number of hydrogen-bond donors (Lipinski definition) is 1. The third-order valence-corrected chi connectivity index (χ3v) is 4.23. The first-order valence-electron chi connectivity index (χ1n) is 8.41. The van der Waals surface area contributed by atoms with Crippen molar-refractivity contribution in [1.82, 2.24) is 4.90 Å². The first-order chi connectivity index (χ1) is 9.43. The molecule has 0 aliphatic rings. The molecule has 0 spiro atoms. The Labute approximate surface area is 158 Å². The monoisotopic (exact) mass is 415 g/mol. The van der Waals surface area contributed by atoms with Gasteiger partial charge in [-0.2, -0.15) is 0 Å². The average Bonchev–Trinajstić information content (AvgIpc) is 2.34. The second-order valence-electron chi connectivity index (χ2n) is 6.76. The summed E-state index contributed by atoms with van der Waals surface area (Å²) in [5.74, 6) is 1.66. The van der Waals surface area contributed by atoms with Crippen LogP contribution in [0.2, 0.25) is 0 Å². The van der Waals surface area contributed by atoms with Crippen LogP contribution in [0.4, 0.5) is 0 Å². The van der Waals surface area contributed by atoms with Gasteiger partial charge in [0.05, 0.1) is 0 Å². The Balaban J connectivity index is 0. The van der Waals surface area contributed by atoms with Crippen LogP contribution in [0.15, 0.2) is 0 Å². The van der Waals surface area contributed by atoms with Crippen LogP contribution in [0.1, 0.15) is 79.1 Å². The molecule has 0 unspecified atom stereocenters. The van der Waals surface area contributed by atoms with Gasteiger partial charge in [0.25, 0.3) is 0 Å². The van der Waals surface area contributed by atoms with Crippen LogP contribution in [0.3, 0.4) is 0 Å². The van der Waals surface area contributed by atoms with Crippen molar-refractivity contribution in [2.45, 2.75) is 79.1 Å². The largest absolute Gasteiger partial charge is 0.358 e. The second kappa shape index (κ2) is 15.8. The van der Waals surface area contributed by atoms with Crippen molar-refractivity contribution < 1.29 is 21.1 Å². The van der Waals surface area contributed by atoms with E-state index in [1.54, 1.807) is 0 Å². The number of hydrogen-bond acceptors (Lipinski definition) is 1. The zero-order valence-corrected chi connectivity index (χ0v) is 18.2. The Morgan fingerprint density at radius 3 is 1.48 bits per heavy atom. The van der Waals surface area contributed by atoms with Crippen molar-refractivity contribution in [2.24, 2.45) is 11.8 Å². The van der Waals surface area contributed by atoms with E-state index < -0.39 is 0 Å². The average molecular weight is 414 g/mol. The Kier molecular flexibility index (Phi) is 18.2. The van der Waals surface area contributed by atoms with Gasteiger partial charge < -0.3 is 4.90 Å². The number of nitrogens with zero attached hydrogens (tertiary/aromatic N) is 1. The summed E-state index contributed by atoms with van der Waals surface area (Å²) in [6.45, 7) is 11.4. The SMILES string of the molecule is CC(C)CCCCCN(CCCCCC(C)C)C(=S)S.[Mo]. The summed E-state index contributed by atoms with van der Waals surface area (Å²) >= 11 is 9.61. The van der Waals surface area contributed by atoms with E-state index in [0.29, 0.717) is 0 Å². The van der Waals surface area contributed by atoms with Gasteiger partial charge in [-0.15, -0.1) is 12.6 Å². The van der Waals surface area contributed by atoms with Gasteiger partial charge in [0.2, 0.25) is 0 Å². The molecule has 0 aromatic rings. The zero-order chi connectivity index (χ0) is 15.4. The Morgan fingerprint density at radius 1 is 0.810 bits per heavy atom. The Hall–Kier alpha value is 0.928. The minimum absolute atomic E-state index is 0. The van der Waals surface area contributed by atoms with Crippen molar-refractivity contribution in [3.05, 3.63) is 0 Å². The van der Waals surface area contributed by atoms with Crippen LogP contribution in [0.5, 0.6) is 0 Å². The molecule has 0 amide bonds. The molecule has 0 aromatic carbocycles. The molecule has 126 valence electrons. The molecule has 0 aromatic heterocycles. The third kappa shape index (κ3) is 17.1. The van der Waals surface area contributed by atoms with Crippen molar-refractivity contribution in [3.8, 4) is 0 Å². The third-order valence-electron chi connectivity index (χ3n) is 3.69. The quantitative estimate of drug-likeness (QED) is 0.183. The van der Waals surface area contributed by atoms with Gasteiger partial charge in [-0.3, -0.25) is 0 Å². The predicted octanol–water partition coefficient (Wildman–Crippen LogP) is 5.93. The van der Waals surface area contributed by atoms with Crippen molar-refractivity contribution in [3.63, 3.8) is 0 Å². The maximum Gasteiger partial charge on any atom is 0.133 e. The number of thiocarbonyl (C=S) groups is 1. The number of rotatable bonds is 12. The second-order valence-corrected chi connectivity index (χ2v) is 7.87. The van der Waals surface area contributed by atoms with E-state index in [2.05, 4.69) is 45.2 Å². The molecule has 0 N–H and O–H groups in total. The van der Waals surface area contributed by atoms with E-state index in [9.17, 15) is 0 Å². The van der Waals surface area contributed by atoms with Crippen LogP contribution < -0.4 is 0 Å². The van der Waals surface area contributed by atoms with E-state index in [0.717, 1.165) is 29.2 Å². The molecule has 0 heterocycles. The van der Waals surface area contributed by atoms with Gasteiger partial charge in [0, 0.05) is 34.2 Å². The van der Waals surface area contributed by atoms with E-state index in [-0.39, 0.29) is 21.1 Å². The molecular weight excluding hydrogens is 378 g/mol. The molecular formula is C17H35MoNS2. The van der Waals surface area contributed by atoms with Gasteiger partial charge >= 0.3 is 0 Å². The summed E-state index contributed by atoms with van der Waals surface area (Å²) in [5, 5.41) is 0. The smallest absolute Gasteiger partial charge is 0.133 e. The minimum Gasteiger partial charge on any atom is -0.358 e.